The Labute approximate surface area is 306 Å². The van der Waals surface area contributed by atoms with Crippen LogP contribution in [0.1, 0.15) is 38.2 Å². The second-order valence-corrected chi connectivity index (χ2v) is 10.5. The van der Waals surface area contributed by atoms with Crippen molar-refractivity contribution < 1.29 is 27.3 Å². The first-order valence-electron chi connectivity index (χ1n) is 8.72. The molecule has 0 bridgehead atoms. The van der Waals surface area contributed by atoms with Crippen molar-refractivity contribution in [3.05, 3.63) is 59.7 Å². The Hall–Kier alpha value is 3.41. The second-order valence-electron chi connectivity index (χ2n) is 6.72. The van der Waals surface area contributed by atoms with Crippen LogP contribution in [0.4, 0.5) is 0 Å². The standard InChI is InChI=1S/C19H25O6PS.3K.3H/c1-15(6-2-5-9-19(26(20,21)22)27(23,24)25)10-11-16-12-13-17-7-3-4-8-18(17)14-16;;;;;;/h3-4,6-8,12-14,19H,2,5,9-11H2,1H3,(H2,20,21,22)(H,23,24,25);;;;;;/b15-6+;;;;;;. The average molecular weight is 533 g/mol. The van der Waals surface area contributed by atoms with Gasteiger partial charge in [-0.25, -0.2) is 0 Å². The van der Waals surface area contributed by atoms with Crippen molar-refractivity contribution in [2.24, 2.45) is 0 Å². The summed E-state index contributed by atoms with van der Waals surface area (Å²) in [6, 6.07) is 14.5. The molecular weight excluding hydrogens is 505 g/mol. The fraction of sp³-hybridized carbons (Fsp3) is 0.368. The maximum atomic E-state index is 11.2. The van der Waals surface area contributed by atoms with E-state index in [1.165, 1.54) is 16.3 Å². The Kier molecular flexibility index (Phi) is 20.1. The summed E-state index contributed by atoms with van der Waals surface area (Å²) in [5.41, 5.74) is 2.36. The summed E-state index contributed by atoms with van der Waals surface area (Å²) in [6.07, 6.45) is 4.15. The summed E-state index contributed by atoms with van der Waals surface area (Å²) in [4.78, 5) is 16.1. The predicted molar refractivity (Wildman–Crippen MR) is 129 cm³/mol. The first kappa shape index (κ1) is 35.6. The van der Waals surface area contributed by atoms with Gasteiger partial charge < -0.3 is 9.79 Å². The third-order valence-corrected chi connectivity index (χ3v) is 8.04. The molecule has 1 unspecified atom stereocenters. The van der Waals surface area contributed by atoms with Gasteiger partial charge in [0.2, 0.25) is 0 Å². The Morgan fingerprint density at radius 2 is 1.67 bits per heavy atom. The summed E-state index contributed by atoms with van der Waals surface area (Å²) in [7, 11) is -9.66. The molecule has 0 aromatic heterocycles. The summed E-state index contributed by atoms with van der Waals surface area (Å²) in [5, 5.41) is 2.40. The molecule has 0 amide bonds. The van der Waals surface area contributed by atoms with Crippen LogP contribution in [0.3, 0.4) is 0 Å². The van der Waals surface area contributed by atoms with E-state index in [0.717, 1.165) is 18.4 Å². The molecule has 6 nitrogen and oxygen atoms in total. The van der Waals surface area contributed by atoms with Crippen LogP contribution in [0.5, 0.6) is 0 Å². The molecule has 2 aromatic rings. The average Bonchev–Trinajstić information content (AvgIpc) is 2.57. The van der Waals surface area contributed by atoms with Crippen LogP contribution < -0.4 is 0 Å². The Morgan fingerprint density at radius 1 is 1.07 bits per heavy atom. The zero-order chi connectivity index (χ0) is 20.1. The van der Waals surface area contributed by atoms with Gasteiger partial charge in [-0.3, -0.25) is 9.12 Å². The van der Waals surface area contributed by atoms with Crippen molar-refractivity contribution in [1.82, 2.24) is 0 Å². The molecule has 2 rings (SSSR count). The maximum absolute atomic E-state index is 11.2. The van der Waals surface area contributed by atoms with Gasteiger partial charge in [0.05, 0.1) is 0 Å². The van der Waals surface area contributed by atoms with Crippen molar-refractivity contribution in [1.29, 1.82) is 0 Å². The summed E-state index contributed by atoms with van der Waals surface area (Å²) < 4.78 is 42.4. The Balaban J connectivity index is 0. The normalized spacial score (nSPS) is 13.0. The first-order chi connectivity index (χ1) is 12.6. The second kappa shape index (κ2) is 17.0. The van der Waals surface area contributed by atoms with Gasteiger partial charge in [0.15, 0.2) is 4.99 Å². The van der Waals surface area contributed by atoms with Gasteiger partial charge in [0.1, 0.15) is 0 Å². The molecule has 0 radical (unpaired) electrons. The molecule has 0 aliphatic rings. The van der Waals surface area contributed by atoms with Crippen LogP contribution in [0, 0.1) is 0 Å². The zero-order valence-corrected chi connectivity index (χ0v) is 16.9. The molecule has 0 spiro atoms. The third kappa shape index (κ3) is 12.9. The molecule has 3 N–H and O–H groups in total. The van der Waals surface area contributed by atoms with Crippen molar-refractivity contribution in [2.45, 2.75) is 44.0 Å². The molecule has 0 fully saturated rings. The van der Waals surface area contributed by atoms with Crippen molar-refractivity contribution in [3.63, 3.8) is 0 Å². The minimum atomic E-state index is -4.89. The van der Waals surface area contributed by atoms with Gasteiger partial charge in [-0.1, -0.05) is 54.1 Å². The van der Waals surface area contributed by atoms with Crippen molar-refractivity contribution in [2.75, 3.05) is 0 Å². The number of hydrogen-bond acceptors (Lipinski definition) is 3. The van der Waals surface area contributed by atoms with E-state index in [2.05, 4.69) is 30.3 Å². The van der Waals surface area contributed by atoms with Crippen molar-refractivity contribution >= 4 is 183 Å². The number of aryl methyl sites for hydroxylation is 1. The molecule has 0 aliphatic carbocycles. The molecular formula is C19H28K3O6PS. The SMILES string of the molecule is C/C(=C\CCCC(P(=O)(O)O)S(=O)(=O)O)CCc1ccc2ccccc2c1.[KH].[KH].[KH]. The fourth-order valence-corrected chi connectivity index (χ4v) is 5.34. The van der Waals surface area contributed by atoms with Gasteiger partial charge in [-0.15, -0.1) is 0 Å². The number of rotatable bonds is 9. The van der Waals surface area contributed by atoms with Crippen LogP contribution in [-0.2, 0) is 21.1 Å². The number of unbranched alkanes of at least 4 members (excludes halogenated alkanes) is 1. The van der Waals surface area contributed by atoms with Gasteiger partial charge in [-0.05, 0) is 55.4 Å². The van der Waals surface area contributed by atoms with Crippen LogP contribution in [0.15, 0.2) is 54.1 Å². The fourth-order valence-electron chi connectivity index (χ4n) is 2.97. The topological polar surface area (TPSA) is 112 Å². The molecule has 0 aliphatic heterocycles. The number of benzene rings is 2. The van der Waals surface area contributed by atoms with Gasteiger partial charge in [0.25, 0.3) is 10.1 Å². The van der Waals surface area contributed by atoms with Crippen molar-refractivity contribution in [3.8, 4) is 0 Å². The van der Waals surface area contributed by atoms with E-state index in [0.29, 0.717) is 6.42 Å². The molecule has 2 aromatic carbocycles. The molecule has 154 valence electrons. The molecule has 11 heteroatoms. The predicted octanol–water partition coefficient (Wildman–Crippen LogP) is 2.34. The quantitative estimate of drug-likeness (QED) is 0.150. The van der Waals surface area contributed by atoms with E-state index in [1.54, 1.807) is 0 Å². The van der Waals surface area contributed by atoms with Gasteiger partial charge >= 0.3 is 162 Å². The number of fused-ring (bicyclic) bond motifs is 1. The van der Waals surface area contributed by atoms with E-state index in [1.807, 2.05) is 25.1 Å². The minimum absolute atomic E-state index is 0. The Morgan fingerprint density at radius 3 is 2.23 bits per heavy atom. The molecule has 0 heterocycles. The van der Waals surface area contributed by atoms with E-state index in [9.17, 15) is 13.0 Å². The number of allylic oxidation sites excluding steroid dienone is 2. The summed E-state index contributed by atoms with van der Waals surface area (Å²) in [6.45, 7) is 1.98. The van der Waals surface area contributed by atoms with E-state index in [-0.39, 0.29) is 167 Å². The van der Waals surface area contributed by atoms with Crippen LogP contribution in [0.2, 0.25) is 0 Å². The van der Waals surface area contributed by atoms with Gasteiger partial charge in [0, 0.05) is 0 Å². The summed E-state index contributed by atoms with van der Waals surface area (Å²) in [5.74, 6) is 0. The van der Waals surface area contributed by atoms with Gasteiger partial charge in [-0.2, -0.15) is 8.42 Å². The van der Waals surface area contributed by atoms with E-state index in [4.69, 9.17) is 14.3 Å². The monoisotopic (exact) mass is 532 g/mol. The van der Waals surface area contributed by atoms with Crippen LogP contribution >= 0.6 is 7.60 Å². The third-order valence-electron chi connectivity index (χ3n) is 4.49. The first-order valence-corrected chi connectivity index (χ1v) is 11.9. The summed E-state index contributed by atoms with van der Waals surface area (Å²) >= 11 is 0. The molecule has 30 heavy (non-hydrogen) atoms. The van der Waals surface area contributed by atoms with E-state index >= 15 is 0 Å². The molecule has 1 atom stereocenters. The molecule has 0 saturated heterocycles. The van der Waals surface area contributed by atoms with Crippen LogP contribution in [-0.4, -0.2) is 182 Å². The van der Waals surface area contributed by atoms with E-state index < -0.39 is 22.7 Å². The number of hydrogen-bond donors (Lipinski definition) is 3. The Bertz CT molecular complexity index is 975. The zero-order valence-electron chi connectivity index (χ0n) is 15.2. The van der Waals surface area contributed by atoms with Crippen LogP contribution in [0.25, 0.3) is 10.8 Å². The molecule has 0 saturated carbocycles.